The molecule has 1 aliphatic heterocycles. The molecule has 0 N–H and O–H groups in total. The maximum atomic E-state index is 13.4. The van der Waals surface area contributed by atoms with Crippen LogP contribution in [-0.2, 0) is 19.2 Å². The second kappa shape index (κ2) is 5.61. The number of hydrogen-bond donors (Lipinski definition) is 0. The van der Waals surface area contributed by atoms with Crippen LogP contribution in [-0.4, -0.2) is 33.6 Å². The highest BCUT2D eigenvalue weighted by molar-refractivity contribution is 6.11. The quantitative estimate of drug-likeness (QED) is 0.717. The monoisotopic (exact) mass is 374 g/mol. The molecule has 2 atom stereocenters. The Balaban J connectivity index is 1.73. The molecule has 6 nitrogen and oxygen atoms in total. The normalized spacial score (nSPS) is 26.6. The Bertz CT molecular complexity index is 946. The molecule has 6 rings (SSSR count). The lowest BCUT2D eigenvalue weighted by atomic mass is 9.55. The van der Waals surface area contributed by atoms with Crippen molar-refractivity contribution in [1.82, 2.24) is 10.0 Å². The second-order valence-corrected chi connectivity index (χ2v) is 7.60. The molecule has 1 saturated heterocycles. The molecule has 1 fully saturated rings. The number of benzene rings is 2. The Morgan fingerprint density at radius 2 is 1.04 bits per heavy atom. The first-order chi connectivity index (χ1) is 13.4. The summed E-state index contributed by atoms with van der Waals surface area (Å²) in [6.45, 7) is 2.37. The molecule has 3 aliphatic carbocycles. The van der Waals surface area contributed by atoms with E-state index in [2.05, 4.69) is 0 Å². The first-order valence-corrected chi connectivity index (χ1v) is 9.30. The minimum absolute atomic E-state index is 0.260. The number of amides is 4. The molecule has 2 aromatic carbocycles. The predicted octanol–water partition coefficient (Wildman–Crippen LogP) is 2.19. The third-order valence-corrected chi connectivity index (χ3v) is 6.22. The van der Waals surface area contributed by atoms with Gasteiger partial charge in [0.2, 0.25) is 11.8 Å². The number of nitrogens with zero attached hydrogens (tertiary/aromatic N) is 2. The van der Waals surface area contributed by atoms with Gasteiger partial charge in [0.15, 0.2) is 0 Å². The van der Waals surface area contributed by atoms with Gasteiger partial charge in [-0.2, -0.15) is 10.0 Å². The fourth-order valence-electron chi connectivity index (χ4n) is 5.36. The van der Waals surface area contributed by atoms with Crippen LogP contribution in [0, 0.1) is 11.8 Å². The van der Waals surface area contributed by atoms with E-state index in [1.165, 1.54) is 13.8 Å². The Hall–Kier alpha value is -3.28. The van der Waals surface area contributed by atoms with Crippen molar-refractivity contribution < 1.29 is 19.2 Å². The second-order valence-electron chi connectivity index (χ2n) is 7.60. The van der Waals surface area contributed by atoms with E-state index < -0.39 is 35.5 Å². The van der Waals surface area contributed by atoms with Crippen LogP contribution in [0.25, 0.3) is 0 Å². The molecule has 0 unspecified atom stereocenters. The van der Waals surface area contributed by atoms with E-state index in [1.807, 2.05) is 48.5 Å². The van der Waals surface area contributed by atoms with Gasteiger partial charge < -0.3 is 0 Å². The molecule has 0 saturated carbocycles. The molecule has 0 aromatic heterocycles. The summed E-state index contributed by atoms with van der Waals surface area (Å²) < 4.78 is 0. The zero-order chi connectivity index (χ0) is 19.7. The van der Waals surface area contributed by atoms with Crippen LogP contribution >= 0.6 is 0 Å². The van der Waals surface area contributed by atoms with E-state index in [0.29, 0.717) is 5.01 Å². The van der Waals surface area contributed by atoms with Gasteiger partial charge in [-0.1, -0.05) is 48.5 Å². The largest absolute Gasteiger partial charge is 0.273 e. The minimum Gasteiger partial charge on any atom is -0.273 e. The maximum absolute atomic E-state index is 13.4. The number of hydrogen-bond acceptors (Lipinski definition) is 4. The molecule has 6 heteroatoms. The fourth-order valence-corrected chi connectivity index (χ4v) is 5.36. The highest BCUT2D eigenvalue weighted by atomic mass is 16.2. The Morgan fingerprint density at radius 1 is 0.714 bits per heavy atom. The topological polar surface area (TPSA) is 74.8 Å². The summed E-state index contributed by atoms with van der Waals surface area (Å²) in [6.07, 6.45) is 0. The Kier molecular flexibility index (Phi) is 3.38. The average Bonchev–Trinajstić information content (AvgIpc) is 2.93. The molecule has 0 spiro atoms. The summed E-state index contributed by atoms with van der Waals surface area (Å²) in [5, 5.41) is 1.47. The molecule has 0 radical (unpaired) electrons. The molecule has 28 heavy (non-hydrogen) atoms. The summed E-state index contributed by atoms with van der Waals surface area (Å²) >= 11 is 0. The molecule has 1 heterocycles. The van der Waals surface area contributed by atoms with Crippen molar-refractivity contribution in [1.29, 1.82) is 0 Å². The third kappa shape index (κ3) is 1.92. The van der Waals surface area contributed by atoms with Crippen molar-refractivity contribution in [3.63, 3.8) is 0 Å². The van der Waals surface area contributed by atoms with Gasteiger partial charge in [0.1, 0.15) is 0 Å². The Labute approximate surface area is 161 Å². The summed E-state index contributed by atoms with van der Waals surface area (Å²) in [6, 6.07) is 15.8. The van der Waals surface area contributed by atoms with Gasteiger partial charge in [-0.3, -0.25) is 19.2 Å². The minimum atomic E-state index is -0.643. The van der Waals surface area contributed by atoms with Crippen molar-refractivity contribution in [3.05, 3.63) is 70.8 Å². The van der Waals surface area contributed by atoms with Crippen LogP contribution in [0.1, 0.15) is 47.9 Å². The lowest BCUT2D eigenvalue weighted by Crippen LogP contribution is -2.51. The zero-order valence-electron chi connectivity index (χ0n) is 15.5. The molecule has 4 amide bonds. The van der Waals surface area contributed by atoms with Gasteiger partial charge in [0.05, 0.1) is 11.8 Å². The lowest BCUT2D eigenvalue weighted by Gasteiger charge is -2.45. The van der Waals surface area contributed by atoms with Crippen molar-refractivity contribution >= 4 is 23.6 Å². The van der Waals surface area contributed by atoms with Crippen molar-refractivity contribution in [3.8, 4) is 0 Å². The van der Waals surface area contributed by atoms with Gasteiger partial charge >= 0.3 is 0 Å². The maximum Gasteiger partial charge on any atom is 0.253 e. The van der Waals surface area contributed by atoms with E-state index in [0.717, 1.165) is 27.3 Å². The van der Waals surface area contributed by atoms with E-state index in [1.54, 1.807) is 0 Å². The summed E-state index contributed by atoms with van der Waals surface area (Å²) in [5.41, 5.74) is 4.20. The van der Waals surface area contributed by atoms with E-state index >= 15 is 0 Å². The first kappa shape index (κ1) is 16.9. The SMILES string of the molecule is CC(=O)N(C(C)=O)N1C(=O)[C@H]2C3c4ccccc4C(c4ccccc43)[C@@H]2C1=O. The first-order valence-electron chi connectivity index (χ1n) is 9.30. The van der Waals surface area contributed by atoms with Crippen molar-refractivity contribution in [2.75, 3.05) is 0 Å². The van der Waals surface area contributed by atoms with Crippen LogP contribution in [0.3, 0.4) is 0 Å². The van der Waals surface area contributed by atoms with Crippen LogP contribution in [0.4, 0.5) is 0 Å². The zero-order valence-corrected chi connectivity index (χ0v) is 15.5. The predicted molar refractivity (Wildman–Crippen MR) is 98.6 cm³/mol. The van der Waals surface area contributed by atoms with Gasteiger partial charge in [0, 0.05) is 25.7 Å². The van der Waals surface area contributed by atoms with E-state index in [9.17, 15) is 19.2 Å². The van der Waals surface area contributed by atoms with Crippen LogP contribution in [0.5, 0.6) is 0 Å². The molecular formula is C22H18N2O4. The summed E-state index contributed by atoms with van der Waals surface area (Å²) in [7, 11) is 0. The number of rotatable bonds is 1. The molecule has 140 valence electrons. The van der Waals surface area contributed by atoms with Crippen molar-refractivity contribution in [2.24, 2.45) is 11.8 Å². The third-order valence-electron chi connectivity index (χ3n) is 6.22. The molecular weight excluding hydrogens is 356 g/mol. The smallest absolute Gasteiger partial charge is 0.253 e. The van der Waals surface area contributed by atoms with Crippen LogP contribution in [0.2, 0.25) is 0 Å². The summed E-state index contributed by atoms with van der Waals surface area (Å²) in [5.74, 6) is -3.97. The average molecular weight is 374 g/mol. The van der Waals surface area contributed by atoms with Gasteiger partial charge in [-0.25, -0.2) is 0 Å². The number of hydrazine groups is 1. The van der Waals surface area contributed by atoms with Gasteiger partial charge in [0.25, 0.3) is 11.8 Å². The van der Waals surface area contributed by atoms with Gasteiger partial charge in [-0.15, -0.1) is 0 Å². The standard InChI is InChI=1S/C22H18N2O4/c1-11(25)23(12(2)26)24-21(27)19-17-13-7-3-4-8-14(13)18(20(19)22(24)28)16-10-6-5-9-15(16)17/h3-10,17-20H,1-2H3/t17?,18?,19-,20-/m0/s1. The molecule has 2 bridgehead atoms. The number of carbonyl (C=O) groups excluding carboxylic acids is 4. The van der Waals surface area contributed by atoms with Crippen molar-refractivity contribution in [2.45, 2.75) is 25.7 Å². The van der Waals surface area contributed by atoms with E-state index in [4.69, 9.17) is 0 Å². The number of carbonyl (C=O) groups is 4. The molecule has 2 aromatic rings. The Morgan fingerprint density at radius 3 is 1.32 bits per heavy atom. The summed E-state index contributed by atoms with van der Waals surface area (Å²) in [4.78, 5) is 50.8. The highest BCUT2D eigenvalue weighted by Gasteiger charge is 2.63. The van der Waals surface area contributed by atoms with Crippen LogP contribution in [0.15, 0.2) is 48.5 Å². The fraction of sp³-hybridized carbons (Fsp3) is 0.273. The number of imide groups is 2. The van der Waals surface area contributed by atoms with Crippen LogP contribution < -0.4 is 0 Å². The van der Waals surface area contributed by atoms with Gasteiger partial charge in [-0.05, 0) is 22.3 Å². The van der Waals surface area contributed by atoms with E-state index in [-0.39, 0.29) is 11.8 Å². The highest BCUT2D eigenvalue weighted by Crippen LogP contribution is 2.61. The molecule has 4 aliphatic rings. The lowest BCUT2D eigenvalue weighted by molar-refractivity contribution is -0.175.